The first-order chi connectivity index (χ1) is 14.4. The number of rotatable bonds is 10. The number of ether oxygens (including phenoxy) is 2. The zero-order chi connectivity index (χ0) is 21.6. The highest BCUT2D eigenvalue weighted by Crippen LogP contribution is 2.41. The van der Waals surface area contributed by atoms with Gasteiger partial charge in [-0.2, -0.15) is 0 Å². The van der Waals surface area contributed by atoms with Crippen LogP contribution in [0, 0.1) is 0 Å². The molecule has 0 spiro atoms. The number of ketones is 1. The predicted molar refractivity (Wildman–Crippen MR) is 122 cm³/mol. The molecule has 0 aromatic heterocycles. The fraction of sp³-hybridized carbons (Fsp3) is 0.640. The van der Waals surface area contributed by atoms with Gasteiger partial charge in [-0.25, -0.2) is 0 Å². The summed E-state index contributed by atoms with van der Waals surface area (Å²) in [5.41, 5.74) is 0.591. The van der Waals surface area contributed by atoms with Crippen LogP contribution >= 0.6 is 11.8 Å². The SMILES string of the molecule is CCCCCC[C@@H]1OC(C)(C)O[C@H]1CC(Sc1ccccc1)C1=C(O)CCCC1=O. The molecule has 1 saturated heterocycles. The van der Waals surface area contributed by atoms with E-state index < -0.39 is 5.79 Å². The van der Waals surface area contributed by atoms with E-state index in [4.69, 9.17) is 9.47 Å². The van der Waals surface area contributed by atoms with Gasteiger partial charge in [-0.3, -0.25) is 4.79 Å². The summed E-state index contributed by atoms with van der Waals surface area (Å²) in [6, 6.07) is 10.1. The molecule has 0 saturated carbocycles. The number of aliphatic hydroxyl groups excluding tert-OH is 1. The maximum atomic E-state index is 12.8. The lowest BCUT2D eigenvalue weighted by Crippen LogP contribution is -2.30. The normalized spacial score (nSPS) is 25.0. The number of benzene rings is 1. The molecular formula is C25H36O4S. The molecule has 1 fully saturated rings. The van der Waals surface area contributed by atoms with E-state index in [0.717, 1.165) is 24.2 Å². The van der Waals surface area contributed by atoms with Crippen LogP contribution in [0.3, 0.4) is 0 Å². The lowest BCUT2D eigenvalue weighted by molar-refractivity contribution is -0.147. The molecule has 5 heteroatoms. The van der Waals surface area contributed by atoms with Crippen LogP contribution in [-0.4, -0.2) is 34.1 Å². The van der Waals surface area contributed by atoms with Crippen LogP contribution in [0.1, 0.15) is 78.6 Å². The van der Waals surface area contributed by atoms with Crippen molar-refractivity contribution in [2.45, 2.75) is 107 Å². The minimum absolute atomic E-state index is 0.0252. The number of Topliss-reactive ketones (excluding diaryl/α,β-unsaturated/α-hetero) is 1. The van der Waals surface area contributed by atoms with Crippen molar-refractivity contribution in [3.63, 3.8) is 0 Å². The van der Waals surface area contributed by atoms with Gasteiger partial charge in [0, 0.05) is 28.6 Å². The average molecular weight is 433 g/mol. The van der Waals surface area contributed by atoms with E-state index in [0.29, 0.717) is 24.8 Å². The van der Waals surface area contributed by atoms with Gasteiger partial charge in [-0.15, -0.1) is 11.8 Å². The Balaban J connectivity index is 1.79. The Hall–Kier alpha value is -1.30. The fourth-order valence-electron chi connectivity index (χ4n) is 4.44. The zero-order valence-electron chi connectivity index (χ0n) is 18.6. The third-order valence-corrected chi connectivity index (χ3v) is 7.10. The van der Waals surface area contributed by atoms with Crippen molar-refractivity contribution in [3.8, 4) is 0 Å². The first-order valence-electron chi connectivity index (χ1n) is 11.4. The molecule has 1 aromatic rings. The molecule has 0 bridgehead atoms. The Labute approximate surface area is 185 Å². The van der Waals surface area contributed by atoms with Gasteiger partial charge >= 0.3 is 0 Å². The van der Waals surface area contributed by atoms with E-state index >= 15 is 0 Å². The number of thioether (sulfide) groups is 1. The number of allylic oxidation sites excluding steroid dienone is 1. The van der Waals surface area contributed by atoms with E-state index in [1.165, 1.54) is 19.3 Å². The standard InChI is InChI=1S/C25H36O4S/c1-4-5-6-10-16-21-22(29-25(2,3)28-21)17-23(30-18-12-8-7-9-13-18)24-19(26)14-11-15-20(24)27/h7-9,12-13,21-23,26H,4-6,10-11,14-17H2,1-3H3/t21-,22-,23?/m0/s1. The summed E-state index contributed by atoms with van der Waals surface area (Å²) >= 11 is 1.65. The smallest absolute Gasteiger partial charge is 0.163 e. The van der Waals surface area contributed by atoms with Gasteiger partial charge in [0.2, 0.25) is 0 Å². The summed E-state index contributed by atoms with van der Waals surface area (Å²) in [5.74, 6) is -0.281. The van der Waals surface area contributed by atoms with Crippen molar-refractivity contribution in [2.24, 2.45) is 0 Å². The van der Waals surface area contributed by atoms with Crippen LogP contribution in [0.25, 0.3) is 0 Å². The maximum absolute atomic E-state index is 12.8. The molecule has 1 aliphatic carbocycles. The topological polar surface area (TPSA) is 55.8 Å². The predicted octanol–water partition coefficient (Wildman–Crippen LogP) is 6.59. The molecule has 1 aromatic carbocycles. The first kappa shape index (κ1) is 23.4. The van der Waals surface area contributed by atoms with E-state index in [9.17, 15) is 9.90 Å². The number of carbonyl (C=O) groups is 1. The van der Waals surface area contributed by atoms with Crippen LogP contribution < -0.4 is 0 Å². The van der Waals surface area contributed by atoms with E-state index in [1.807, 2.05) is 32.0 Å². The van der Waals surface area contributed by atoms with Crippen LogP contribution in [0.15, 0.2) is 46.6 Å². The molecule has 30 heavy (non-hydrogen) atoms. The average Bonchev–Trinajstić information content (AvgIpc) is 2.99. The molecule has 4 nitrogen and oxygen atoms in total. The van der Waals surface area contributed by atoms with Crippen LogP contribution in [0.5, 0.6) is 0 Å². The number of hydrogen-bond acceptors (Lipinski definition) is 5. The quantitative estimate of drug-likeness (QED) is 0.334. The fourth-order valence-corrected chi connectivity index (χ4v) is 5.75. The molecule has 2 aliphatic rings. The van der Waals surface area contributed by atoms with Gasteiger partial charge in [0.15, 0.2) is 11.6 Å². The van der Waals surface area contributed by atoms with Gasteiger partial charge in [0.05, 0.1) is 12.2 Å². The van der Waals surface area contributed by atoms with Crippen molar-refractivity contribution < 1.29 is 19.4 Å². The van der Waals surface area contributed by atoms with Crippen LogP contribution in [0.4, 0.5) is 0 Å². The second kappa shape index (κ2) is 10.8. The van der Waals surface area contributed by atoms with E-state index in [2.05, 4.69) is 19.1 Å². The Kier molecular flexibility index (Phi) is 8.44. The lowest BCUT2D eigenvalue weighted by atomic mass is 9.90. The molecule has 1 N–H and O–H groups in total. The number of carbonyl (C=O) groups excluding carboxylic acids is 1. The van der Waals surface area contributed by atoms with Gasteiger partial charge in [-0.05, 0) is 45.2 Å². The van der Waals surface area contributed by atoms with Gasteiger partial charge in [0.1, 0.15) is 5.76 Å². The Morgan fingerprint density at radius 2 is 1.83 bits per heavy atom. The Bertz CT molecular complexity index is 728. The second-order valence-corrected chi connectivity index (χ2v) is 10.1. The zero-order valence-corrected chi connectivity index (χ0v) is 19.4. The van der Waals surface area contributed by atoms with Gasteiger partial charge in [-0.1, -0.05) is 50.8 Å². The first-order valence-corrected chi connectivity index (χ1v) is 12.3. The molecular weight excluding hydrogens is 396 g/mol. The highest BCUT2D eigenvalue weighted by atomic mass is 32.2. The minimum atomic E-state index is -0.616. The van der Waals surface area contributed by atoms with Crippen molar-refractivity contribution in [2.75, 3.05) is 0 Å². The molecule has 166 valence electrons. The summed E-state index contributed by atoms with van der Waals surface area (Å²) in [6.07, 6.45) is 8.17. The largest absolute Gasteiger partial charge is 0.512 e. The number of unbranched alkanes of at least 4 members (excludes halogenated alkanes) is 3. The van der Waals surface area contributed by atoms with Crippen molar-refractivity contribution in [1.29, 1.82) is 0 Å². The van der Waals surface area contributed by atoms with Crippen molar-refractivity contribution >= 4 is 17.5 Å². The van der Waals surface area contributed by atoms with Crippen molar-refractivity contribution in [3.05, 3.63) is 41.7 Å². The second-order valence-electron chi connectivity index (χ2n) is 8.85. The van der Waals surface area contributed by atoms with E-state index in [-0.39, 0.29) is 29.0 Å². The third kappa shape index (κ3) is 6.35. The van der Waals surface area contributed by atoms with Crippen LogP contribution in [-0.2, 0) is 14.3 Å². The molecule has 0 radical (unpaired) electrons. The summed E-state index contributed by atoms with van der Waals surface area (Å²) < 4.78 is 12.5. The molecule has 0 amide bonds. The number of hydrogen-bond donors (Lipinski definition) is 1. The maximum Gasteiger partial charge on any atom is 0.163 e. The molecule has 3 rings (SSSR count). The third-order valence-electron chi connectivity index (χ3n) is 5.85. The number of aliphatic hydroxyl groups is 1. The monoisotopic (exact) mass is 432 g/mol. The Morgan fingerprint density at radius 3 is 2.53 bits per heavy atom. The summed E-state index contributed by atoms with van der Waals surface area (Å²) in [7, 11) is 0. The van der Waals surface area contributed by atoms with Crippen LogP contribution in [0.2, 0.25) is 0 Å². The summed E-state index contributed by atoms with van der Waals surface area (Å²) in [6.45, 7) is 6.15. The van der Waals surface area contributed by atoms with Gasteiger partial charge < -0.3 is 14.6 Å². The Morgan fingerprint density at radius 1 is 1.10 bits per heavy atom. The molecule has 3 atom stereocenters. The van der Waals surface area contributed by atoms with Crippen molar-refractivity contribution in [1.82, 2.24) is 0 Å². The lowest BCUT2D eigenvalue weighted by Gasteiger charge is -2.27. The van der Waals surface area contributed by atoms with Gasteiger partial charge in [0.25, 0.3) is 0 Å². The summed E-state index contributed by atoms with van der Waals surface area (Å²) in [4.78, 5) is 13.9. The molecule has 1 heterocycles. The summed E-state index contributed by atoms with van der Waals surface area (Å²) in [5, 5.41) is 10.5. The minimum Gasteiger partial charge on any atom is -0.512 e. The molecule has 1 unspecified atom stereocenters. The molecule has 1 aliphatic heterocycles. The highest BCUT2D eigenvalue weighted by molar-refractivity contribution is 8.00. The highest BCUT2D eigenvalue weighted by Gasteiger charge is 2.43. The van der Waals surface area contributed by atoms with E-state index in [1.54, 1.807) is 11.8 Å².